The molecule has 0 saturated carbocycles. The molecule has 0 fully saturated rings. The van der Waals surface area contributed by atoms with E-state index < -0.39 is 0 Å². The molecule has 0 N–H and O–H groups in total. The highest BCUT2D eigenvalue weighted by Crippen LogP contribution is 2.21. The predicted molar refractivity (Wildman–Crippen MR) is 486 cm³/mol. The van der Waals surface area contributed by atoms with Crippen LogP contribution in [0.15, 0.2) is 413 Å². The zero-order valence-corrected chi connectivity index (χ0v) is 70.3. The van der Waals surface area contributed by atoms with Crippen LogP contribution < -0.4 is 0 Å². The summed E-state index contributed by atoms with van der Waals surface area (Å²) in [5.41, 5.74) is 12.8. The van der Waals surface area contributed by atoms with Crippen LogP contribution >= 0.6 is 0 Å². The Morgan fingerprint density at radius 1 is 0.0673 bits per heavy atom. The van der Waals surface area contributed by atoms with Crippen LogP contribution in [-0.2, 0) is 0 Å². The van der Waals surface area contributed by atoms with Gasteiger partial charge in [-0.3, -0.25) is 0 Å². The quantitative estimate of drug-likeness (QED) is 0.161. The summed E-state index contributed by atoms with van der Waals surface area (Å²) in [5.74, 6) is 0. The first-order valence-corrected chi connectivity index (χ1v) is 39.4. The molecule has 0 radical (unpaired) electrons. The van der Waals surface area contributed by atoms with E-state index >= 15 is 0 Å². The highest BCUT2D eigenvalue weighted by molar-refractivity contribution is 5.66. The lowest BCUT2D eigenvalue weighted by Gasteiger charge is -1.98. The summed E-state index contributed by atoms with van der Waals surface area (Å²) in [7, 11) is 0. The van der Waals surface area contributed by atoms with E-state index in [-0.39, 0.29) is 0 Å². The van der Waals surface area contributed by atoms with Crippen molar-refractivity contribution >= 4 is 0 Å². The molecule has 0 heteroatoms. The average Bonchev–Trinajstić information content (AvgIpc) is 0.946. The third-order valence-electron chi connectivity index (χ3n) is 11.4. The van der Waals surface area contributed by atoms with Crippen LogP contribution in [0.1, 0.15) is 180 Å². The van der Waals surface area contributed by atoms with Crippen molar-refractivity contribution in [1.82, 2.24) is 0 Å². The van der Waals surface area contributed by atoms with Gasteiger partial charge in [0, 0.05) is 0 Å². The van der Waals surface area contributed by atoms with Gasteiger partial charge in [0.1, 0.15) is 0 Å². The second kappa shape index (κ2) is 102. The molecule has 0 bridgehead atoms. The number of benzene rings is 13. The summed E-state index contributed by atoms with van der Waals surface area (Å²) in [4.78, 5) is 0. The standard InChI is InChI=1S/5C12H10.3C6H6.13C2H6/c5*1-3-7-11(8-4-1)12-9-5-2-6-10-12;3*1-2-4-6-5-3-1;13*1-2/h5*1-10H;3*1-6H;13*1-2H3. The number of hydrogen-bond donors (Lipinski definition) is 0. The topological polar surface area (TPSA) is 0 Å². The number of hydrogen-bond acceptors (Lipinski definition) is 0. The fourth-order valence-electron chi connectivity index (χ4n) is 7.46. The highest BCUT2D eigenvalue weighted by atomic mass is 14.0. The SMILES string of the molecule is CC.CC.CC.CC.CC.CC.CC.CC.CC.CC.CC.CC.CC.c1ccc(-c2ccccc2)cc1.c1ccc(-c2ccccc2)cc1.c1ccc(-c2ccccc2)cc1.c1ccc(-c2ccccc2)cc1.c1ccc(-c2ccccc2)cc1.c1ccccc1.c1ccccc1.c1ccccc1. The van der Waals surface area contributed by atoms with Gasteiger partial charge in [-0.2, -0.15) is 0 Å². The fraction of sp³-hybridized carbons (Fsp3) is 0.250. The lowest BCUT2D eigenvalue weighted by Crippen LogP contribution is -1.73. The first-order chi connectivity index (χ1) is 51.8. The molecule has 0 spiro atoms. The van der Waals surface area contributed by atoms with Gasteiger partial charge in [0.2, 0.25) is 0 Å². The van der Waals surface area contributed by atoms with Crippen molar-refractivity contribution in [1.29, 1.82) is 0 Å². The monoisotopic (exact) mass is 1400 g/mol. The minimum absolute atomic E-state index is 1.28. The van der Waals surface area contributed by atoms with Crippen molar-refractivity contribution in [3.63, 3.8) is 0 Å². The van der Waals surface area contributed by atoms with Crippen molar-refractivity contribution in [3.05, 3.63) is 413 Å². The minimum Gasteiger partial charge on any atom is -0.0683 e. The second-order valence-corrected chi connectivity index (χ2v) is 17.1. The summed E-state index contributed by atoms with van der Waals surface area (Å²) in [6, 6.07) is 140. The summed E-state index contributed by atoms with van der Waals surface area (Å²) < 4.78 is 0. The van der Waals surface area contributed by atoms with Crippen LogP contribution in [-0.4, -0.2) is 0 Å². The Morgan fingerprint density at radius 3 is 0.154 bits per heavy atom. The van der Waals surface area contributed by atoms with E-state index in [0.717, 1.165) is 0 Å². The van der Waals surface area contributed by atoms with Crippen molar-refractivity contribution in [2.24, 2.45) is 0 Å². The zero-order valence-electron chi connectivity index (χ0n) is 70.3. The largest absolute Gasteiger partial charge is 0.0683 e. The Morgan fingerprint density at radius 2 is 0.106 bits per heavy atom. The third-order valence-corrected chi connectivity index (χ3v) is 11.4. The normalized spacial score (nSPS) is 7.71. The molecule has 13 rings (SSSR count). The molecule has 0 atom stereocenters. The Kier molecular flexibility index (Phi) is 107. The van der Waals surface area contributed by atoms with Crippen LogP contribution in [0.2, 0.25) is 0 Å². The molecule has 0 aromatic heterocycles. The van der Waals surface area contributed by atoms with Crippen LogP contribution in [0.5, 0.6) is 0 Å². The van der Waals surface area contributed by atoms with Gasteiger partial charge >= 0.3 is 0 Å². The van der Waals surface area contributed by atoms with Crippen LogP contribution in [0.25, 0.3) is 55.6 Å². The van der Waals surface area contributed by atoms with Crippen molar-refractivity contribution in [2.75, 3.05) is 0 Å². The Bertz CT molecular complexity index is 2550. The zero-order chi connectivity index (χ0) is 79.9. The van der Waals surface area contributed by atoms with Crippen molar-refractivity contribution < 1.29 is 0 Å². The van der Waals surface area contributed by atoms with E-state index in [9.17, 15) is 0 Å². The Hall–Kier alpha value is -10.1. The van der Waals surface area contributed by atoms with Gasteiger partial charge in [-0.25, -0.2) is 0 Å². The van der Waals surface area contributed by atoms with E-state index in [1.165, 1.54) is 55.6 Å². The maximum absolute atomic E-state index is 2.12. The Balaban J connectivity index is -0.000000163. The molecule has 0 heterocycles. The molecule has 0 aliphatic heterocycles. The maximum Gasteiger partial charge on any atom is -0.0184 e. The molecule has 0 nitrogen and oxygen atoms in total. The van der Waals surface area contributed by atoms with Crippen LogP contribution in [0, 0.1) is 0 Å². The average molecular weight is 1400 g/mol. The molecule has 0 saturated heterocycles. The van der Waals surface area contributed by atoms with Crippen LogP contribution in [0.4, 0.5) is 0 Å². The molecule has 0 aliphatic rings. The summed E-state index contributed by atoms with van der Waals surface area (Å²) in [6.07, 6.45) is 0. The van der Waals surface area contributed by atoms with Crippen molar-refractivity contribution in [3.8, 4) is 55.6 Å². The summed E-state index contributed by atoms with van der Waals surface area (Å²) >= 11 is 0. The maximum atomic E-state index is 2.12. The van der Waals surface area contributed by atoms with Gasteiger partial charge in [0.15, 0.2) is 0 Å². The second-order valence-electron chi connectivity index (χ2n) is 17.1. The van der Waals surface area contributed by atoms with Gasteiger partial charge in [-0.1, -0.05) is 593 Å². The molecular formula is C104H146. The Labute approximate surface area is 644 Å². The van der Waals surface area contributed by atoms with Gasteiger partial charge in [-0.15, -0.1) is 0 Å². The molecule has 562 valence electrons. The van der Waals surface area contributed by atoms with E-state index in [0.29, 0.717) is 0 Å². The first kappa shape index (κ1) is 110. The van der Waals surface area contributed by atoms with Crippen LogP contribution in [0.3, 0.4) is 0 Å². The summed E-state index contributed by atoms with van der Waals surface area (Å²) in [6.45, 7) is 52.0. The highest BCUT2D eigenvalue weighted by Gasteiger charge is 1.96. The summed E-state index contributed by atoms with van der Waals surface area (Å²) in [5, 5.41) is 0. The third kappa shape index (κ3) is 65.2. The molecule has 0 amide bonds. The number of rotatable bonds is 5. The molecule has 13 aromatic carbocycles. The molecule has 13 aromatic rings. The van der Waals surface area contributed by atoms with Gasteiger partial charge < -0.3 is 0 Å². The molecule has 0 aliphatic carbocycles. The van der Waals surface area contributed by atoms with Crippen molar-refractivity contribution in [2.45, 2.75) is 180 Å². The lowest BCUT2D eigenvalue weighted by molar-refractivity contribution is 1.50. The smallest absolute Gasteiger partial charge is 0.0184 e. The van der Waals surface area contributed by atoms with E-state index in [1.807, 2.05) is 350 Å². The molecular weight excluding hydrogens is 1250 g/mol. The molecule has 0 unspecified atom stereocenters. The van der Waals surface area contributed by atoms with Gasteiger partial charge in [-0.05, 0) is 55.6 Å². The predicted octanol–water partition coefficient (Wildman–Crippen LogP) is 35.2. The minimum atomic E-state index is 1.28. The van der Waals surface area contributed by atoms with E-state index in [2.05, 4.69) is 243 Å². The van der Waals surface area contributed by atoms with E-state index in [4.69, 9.17) is 0 Å². The molecule has 104 heavy (non-hydrogen) atoms. The lowest BCUT2D eigenvalue weighted by atomic mass is 10.1. The van der Waals surface area contributed by atoms with E-state index in [1.54, 1.807) is 0 Å². The first-order valence-electron chi connectivity index (χ1n) is 39.4. The fourth-order valence-corrected chi connectivity index (χ4v) is 7.46. The van der Waals surface area contributed by atoms with Gasteiger partial charge in [0.05, 0.1) is 0 Å². The van der Waals surface area contributed by atoms with Gasteiger partial charge in [0.25, 0.3) is 0 Å².